The summed E-state index contributed by atoms with van der Waals surface area (Å²) in [6.45, 7) is 2.34. The molecule has 28 heavy (non-hydrogen) atoms. The Morgan fingerprint density at radius 3 is 2.46 bits per heavy atom. The van der Waals surface area contributed by atoms with Crippen LogP contribution in [0.4, 0.5) is 0 Å². The van der Waals surface area contributed by atoms with Crippen LogP contribution in [-0.4, -0.2) is 33.5 Å². The molecule has 3 aromatic rings. The van der Waals surface area contributed by atoms with Crippen molar-refractivity contribution in [2.45, 2.75) is 19.4 Å². The quantitative estimate of drug-likeness (QED) is 0.595. The normalized spacial score (nSPS) is 15.1. The Labute approximate surface area is 178 Å². The van der Waals surface area contributed by atoms with E-state index >= 15 is 0 Å². The lowest BCUT2D eigenvalue weighted by Gasteiger charge is -2.32. The van der Waals surface area contributed by atoms with E-state index in [4.69, 9.17) is 18.0 Å². The van der Waals surface area contributed by atoms with Crippen LogP contribution >= 0.6 is 28.1 Å². The first-order valence-corrected chi connectivity index (χ1v) is 10.6. The van der Waals surface area contributed by atoms with E-state index in [2.05, 4.69) is 80.1 Å². The molecule has 0 aliphatic carbocycles. The van der Waals surface area contributed by atoms with Crippen LogP contribution in [-0.2, 0) is 11.3 Å². The van der Waals surface area contributed by atoms with Crippen molar-refractivity contribution in [1.29, 1.82) is 0 Å². The summed E-state index contributed by atoms with van der Waals surface area (Å²) in [6, 6.07) is 16.8. The van der Waals surface area contributed by atoms with Crippen LogP contribution < -0.4 is 5.73 Å². The fourth-order valence-electron chi connectivity index (χ4n) is 3.87. The van der Waals surface area contributed by atoms with Crippen molar-refractivity contribution in [3.63, 3.8) is 0 Å². The molecular weight excluding hydrogens is 434 g/mol. The van der Waals surface area contributed by atoms with Crippen LogP contribution in [0.1, 0.15) is 24.0 Å². The van der Waals surface area contributed by atoms with Gasteiger partial charge in [-0.25, -0.2) is 0 Å². The lowest BCUT2D eigenvalue weighted by Crippen LogP contribution is -2.41. The minimum absolute atomic E-state index is 0.0298. The number of halogens is 1. The third-order valence-corrected chi connectivity index (χ3v) is 6.48. The Bertz CT molecular complexity index is 1020. The monoisotopic (exact) mass is 455 g/mol. The minimum Gasteiger partial charge on any atom is -0.369 e. The van der Waals surface area contributed by atoms with E-state index in [-0.39, 0.29) is 11.8 Å². The van der Waals surface area contributed by atoms with Gasteiger partial charge in [0.15, 0.2) is 0 Å². The minimum atomic E-state index is -0.198. The fraction of sp³-hybridized carbons (Fsp3) is 0.273. The summed E-state index contributed by atoms with van der Waals surface area (Å²) < 4.78 is 3.34. The van der Waals surface area contributed by atoms with Crippen molar-refractivity contribution in [2.24, 2.45) is 11.7 Å². The van der Waals surface area contributed by atoms with Crippen LogP contribution in [0.2, 0.25) is 0 Å². The van der Waals surface area contributed by atoms with Gasteiger partial charge in [0.05, 0.1) is 0 Å². The Morgan fingerprint density at radius 1 is 1.11 bits per heavy atom. The summed E-state index contributed by atoms with van der Waals surface area (Å²) in [7, 11) is 0. The molecule has 1 aliphatic heterocycles. The molecule has 0 radical (unpaired) electrons. The van der Waals surface area contributed by atoms with E-state index in [1.807, 2.05) is 0 Å². The molecule has 1 amide bonds. The van der Waals surface area contributed by atoms with E-state index in [1.165, 1.54) is 16.5 Å². The number of primary amides is 1. The molecule has 4 nitrogen and oxygen atoms in total. The van der Waals surface area contributed by atoms with E-state index < -0.39 is 0 Å². The van der Waals surface area contributed by atoms with Gasteiger partial charge in [0.2, 0.25) is 5.91 Å². The van der Waals surface area contributed by atoms with Crippen molar-refractivity contribution >= 4 is 49.9 Å². The SMILES string of the molecule is NC(=O)C1CCN(C(=S)c2cn(Cc3ccc(Br)cc3)c3ccccc23)CC1. The standard InChI is InChI=1S/C22H22BrN3OS/c23-17-7-5-15(6-8-17)13-26-14-19(18-3-1-2-4-20(18)26)22(28)25-11-9-16(10-12-25)21(24)27/h1-8,14,16H,9-13H2,(H2,24,27). The number of thiocarbonyl (C=S) groups is 1. The van der Waals surface area contributed by atoms with E-state index in [0.717, 1.165) is 47.5 Å². The van der Waals surface area contributed by atoms with Gasteiger partial charge in [0.1, 0.15) is 4.99 Å². The number of hydrogen-bond acceptors (Lipinski definition) is 2. The van der Waals surface area contributed by atoms with Crippen molar-refractivity contribution in [2.75, 3.05) is 13.1 Å². The number of fused-ring (bicyclic) bond motifs is 1. The zero-order valence-electron chi connectivity index (χ0n) is 15.5. The Balaban J connectivity index is 1.62. The van der Waals surface area contributed by atoms with Gasteiger partial charge in [0.25, 0.3) is 0 Å². The Morgan fingerprint density at radius 2 is 1.79 bits per heavy atom. The molecule has 0 unspecified atom stereocenters. The number of rotatable bonds is 4. The van der Waals surface area contributed by atoms with Gasteiger partial charge in [-0.1, -0.05) is 58.5 Å². The second-order valence-electron chi connectivity index (χ2n) is 7.28. The van der Waals surface area contributed by atoms with Crippen molar-refractivity contribution < 1.29 is 4.79 Å². The molecule has 1 aliphatic rings. The van der Waals surface area contributed by atoms with E-state index in [1.54, 1.807) is 0 Å². The topological polar surface area (TPSA) is 51.3 Å². The summed E-state index contributed by atoms with van der Waals surface area (Å²) in [4.78, 5) is 14.5. The zero-order chi connectivity index (χ0) is 19.7. The summed E-state index contributed by atoms with van der Waals surface area (Å²) in [5.74, 6) is -0.227. The first-order chi connectivity index (χ1) is 13.5. The van der Waals surface area contributed by atoms with E-state index in [0.29, 0.717) is 0 Å². The third-order valence-electron chi connectivity index (χ3n) is 5.47. The first-order valence-electron chi connectivity index (χ1n) is 9.44. The first kappa shape index (κ1) is 19.2. The molecule has 1 fully saturated rings. The zero-order valence-corrected chi connectivity index (χ0v) is 17.9. The number of amides is 1. The van der Waals surface area contributed by atoms with Crippen molar-refractivity contribution in [1.82, 2.24) is 9.47 Å². The number of carbonyl (C=O) groups excluding carboxylic acids is 1. The van der Waals surface area contributed by atoms with Gasteiger partial charge >= 0.3 is 0 Å². The molecule has 6 heteroatoms. The fourth-order valence-corrected chi connectivity index (χ4v) is 4.48. The molecule has 2 N–H and O–H groups in total. The van der Waals surface area contributed by atoms with Crippen molar-refractivity contribution in [3.8, 4) is 0 Å². The molecule has 4 rings (SSSR count). The molecule has 0 spiro atoms. The predicted octanol–water partition coefficient (Wildman–Crippen LogP) is 4.32. The van der Waals surface area contributed by atoms with Crippen LogP contribution in [0, 0.1) is 5.92 Å². The number of benzene rings is 2. The summed E-state index contributed by atoms with van der Waals surface area (Å²) in [5.41, 5.74) is 8.96. The molecule has 0 atom stereocenters. The molecule has 2 heterocycles. The number of nitrogens with two attached hydrogens (primary N) is 1. The highest BCUT2D eigenvalue weighted by Gasteiger charge is 2.26. The molecule has 1 aromatic heterocycles. The number of likely N-dealkylation sites (tertiary alicyclic amines) is 1. The van der Waals surface area contributed by atoms with Crippen molar-refractivity contribution in [3.05, 3.63) is 70.3 Å². The second-order valence-corrected chi connectivity index (χ2v) is 8.59. The molecule has 0 bridgehead atoms. The second kappa shape index (κ2) is 8.05. The maximum atomic E-state index is 11.4. The molecule has 0 saturated carbocycles. The third kappa shape index (κ3) is 3.84. The lowest BCUT2D eigenvalue weighted by molar-refractivity contribution is -0.122. The Hall–Kier alpha value is -2.18. The number of nitrogens with zero attached hydrogens (tertiary/aromatic N) is 2. The number of hydrogen-bond donors (Lipinski definition) is 1. The average molecular weight is 456 g/mol. The van der Waals surface area contributed by atoms with Crippen LogP contribution in [0.15, 0.2) is 59.2 Å². The number of piperidine rings is 1. The van der Waals surface area contributed by atoms with Gasteiger partial charge in [0, 0.05) is 52.7 Å². The highest BCUT2D eigenvalue weighted by atomic mass is 79.9. The summed E-state index contributed by atoms with van der Waals surface area (Å²) in [5, 5.41) is 1.17. The molecule has 1 saturated heterocycles. The number of carbonyl (C=O) groups is 1. The molecule has 144 valence electrons. The van der Waals surface area contributed by atoms with Gasteiger partial charge < -0.3 is 15.2 Å². The van der Waals surface area contributed by atoms with Gasteiger partial charge in [-0.3, -0.25) is 4.79 Å². The smallest absolute Gasteiger partial charge is 0.220 e. The summed E-state index contributed by atoms with van der Waals surface area (Å²) >= 11 is 9.35. The number of para-hydroxylation sites is 1. The summed E-state index contributed by atoms with van der Waals surface area (Å²) in [6.07, 6.45) is 3.70. The Kier molecular flexibility index (Phi) is 5.51. The highest BCUT2D eigenvalue weighted by molar-refractivity contribution is 9.10. The highest BCUT2D eigenvalue weighted by Crippen LogP contribution is 2.27. The maximum Gasteiger partial charge on any atom is 0.220 e. The van der Waals surface area contributed by atoms with Crippen LogP contribution in [0.3, 0.4) is 0 Å². The molecule has 2 aromatic carbocycles. The lowest BCUT2D eigenvalue weighted by atomic mass is 9.96. The average Bonchev–Trinajstić information content (AvgIpc) is 3.08. The largest absolute Gasteiger partial charge is 0.369 e. The number of aromatic nitrogens is 1. The van der Waals surface area contributed by atoms with Gasteiger partial charge in [-0.2, -0.15) is 0 Å². The van der Waals surface area contributed by atoms with Crippen LogP contribution in [0.5, 0.6) is 0 Å². The molecular formula is C22H22BrN3OS. The van der Waals surface area contributed by atoms with Crippen LogP contribution in [0.25, 0.3) is 10.9 Å². The van der Waals surface area contributed by atoms with Gasteiger partial charge in [-0.15, -0.1) is 0 Å². The maximum absolute atomic E-state index is 11.4. The van der Waals surface area contributed by atoms with Gasteiger partial charge in [-0.05, 0) is 36.6 Å². The predicted molar refractivity (Wildman–Crippen MR) is 120 cm³/mol. The van der Waals surface area contributed by atoms with E-state index in [9.17, 15) is 4.79 Å².